The highest BCUT2D eigenvalue weighted by Gasteiger charge is 2.28. The lowest BCUT2D eigenvalue weighted by atomic mass is 9.91. The van der Waals surface area contributed by atoms with Crippen LogP contribution in [0.5, 0.6) is 0 Å². The molecule has 1 aromatic heterocycles. The summed E-state index contributed by atoms with van der Waals surface area (Å²) >= 11 is 0. The Kier molecular flexibility index (Phi) is 2.83. The van der Waals surface area contributed by atoms with Crippen molar-refractivity contribution in [1.82, 2.24) is 5.10 Å². The van der Waals surface area contributed by atoms with Crippen molar-refractivity contribution in [3.63, 3.8) is 0 Å². The van der Waals surface area contributed by atoms with Gasteiger partial charge < -0.3 is 10.4 Å². The van der Waals surface area contributed by atoms with Gasteiger partial charge in [0, 0.05) is 10.9 Å². The highest BCUT2D eigenvalue weighted by Crippen LogP contribution is 2.25. The number of anilines is 1. The van der Waals surface area contributed by atoms with Gasteiger partial charge in [0.05, 0.1) is 6.04 Å². The van der Waals surface area contributed by atoms with Crippen molar-refractivity contribution in [1.29, 1.82) is 0 Å². The van der Waals surface area contributed by atoms with Crippen LogP contribution in [0.1, 0.15) is 43.2 Å². The van der Waals surface area contributed by atoms with E-state index in [-0.39, 0.29) is 12.0 Å². The van der Waals surface area contributed by atoms with Crippen LogP contribution in [-0.4, -0.2) is 11.1 Å². The van der Waals surface area contributed by atoms with Crippen LogP contribution >= 0.6 is 0 Å². The Balaban J connectivity index is 1.84. The van der Waals surface area contributed by atoms with Gasteiger partial charge in [-0.05, 0) is 62.1 Å². The van der Waals surface area contributed by atoms with Gasteiger partial charge in [0.25, 0.3) is 5.52 Å². The number of fused-ring (bicyclic) bond motifs is 2. The van der Waals surface area contributed by atoms with Crippen molar-refractivity contribution >= 4 is 17.0 Å². The molecule has 21 heavy (non-hydrogen) atoms. The standard InChI is InChI=1S/C15H18N4O2/c20-18-13-8-10-4-1-2-5-11(10)9-14(13)19(21)17-15(18)16-12-6-3-7-12/h8-9,12H,1-7H2,(H,16,17). The normalized spacial score (nSPS) is 18.3. The van der Waals surface area contributed by atoms with Crippen molar-refractivity contribution in [3.8, 4) is 0 Å². The minimum absolute atomic E-state index is 0.123. The molecule has 1 heterocycles. The number of hydrogen-bond donors (Lipinski definition) is 1. The number of benzene rings is 1. The second-order valence-corrected chi connectivity index (χ2v) is 6.08. The van der Waals surface area contributed by atoms with Crippen LogP contribution in [0.4, 0.5) is 5.95 Å². The minimum Gasteiger partial charge on any atom is -0.739 e. The van der Waals surface area contributed by atoms with Gasteiger partial charge in [0.2, 0.25) is 5.10 Å². The summed E-state index contributed by atoms with van der Waals surface area (Å²) in [6.07, 6.45) is 7.47. The lowest BCUT2D eigenvalue weighted by molar-refractivity contribution is -0.672. The number of aromatic nitrogens is 3. The van der Waals surface area contributed by atoms with Gasteiger partial charge in [-0.2, -0.15) is 0 Å². The fourth-order valence-corrected chi connectivity index (χ4v) is 3.19. The predicted molar refractivity (Wildman–Crippen MR) is 77.6 cm³/mol. The van der Waals surface area contributed by atoms with Crippen LogP contribution in [0.15, 0.2) is 12.1 Å². The van der Waals surface area contributed by atoms with Crippen molar-refractivity contribution < 1.29 is 9.58 Å². The van der Waals surface area contributed by atoms with E-state index in [2.05, 4.69) is 10.4 Å². The number of aryl methyl sites for hydroxylation is 2. The number of hydrogen-bond acceptors (Lipinski definition) is 4. The molecule has 1 saturated carbocycles. The van der Waals surface area contributed by atoms with E-state index in [1.54, 1.807) is 0 Å². The molecule has 0 unspecified atom stereocenters. The predicted octanol–water partition coefficient (Wildman–Crippen LogP) is 1.34. The van der Waals surface area contributed by atoms with Gasteiger partial charge in [-0.3, -0.25) is 5.32 Å². The third-order valence-corrected chi connectivity index (χ3v) is 4.68. The van der Waals surface area contributed by atoms with Gasteiger partial charge in [-0.15, -0.1) is 0 Å². The first-order chi connectivity index (χ1) is 10.2. The molecule has 2 aliphatic carbocycles. The molecule has 2 aromatic rings. The maximum atomic E-state index is 12.5. The Morgan fingerprint density at radius 1 is 1.00 bits per heavy atom. The largest absolute Gasteiger partial charge is 0.739 e. The summed E-state index contributed by atoms with van der Waals surface area (Å²) in [6, 6.07) is 3.98. The number of nitrogens with zero attached hydrogens (tertiary/aromatic N) is 3. The third kappa shape index (κ3) is 2.05. The first kappa shape index (κ1) is 12.6. The molecule has 1 fully saturated rings. The Morgan fingerprint density at radius 2 is 1.67 bits per heavy atom. The first-order valence-corrected chi connectivity index (χ1v) is 7.68. The molecule has 110 valence electrons. The average Bonchev–Trinajstić information content (AvgIpc) is 2.46. The Labute approximate surface area is 122 Å². The Hall–Kier alpha value is -2.11. The second kappa shape index (κ2) is 4.72. The summed E-state index contributed by atoms with van der Waals surface area (Å²) in [4.78, 5) is 0.583. The summed E-state index contributed by atoms with van der Waals surface area (Å²) < 4.78 is 0.775. The minimum atomic E-state index is 0.123. The second-order valence-electron chi connectivity index (χ2n) is 6.08. The maximum Gasteiger partial charge on any atom is 0.461 e. The van der Waals surface area contributed by atoms with Gasteiger partial charge >= 0.3 is 5.95 Å². The van der Waals surface area contributed by atoms with Crippen molar-refractivity contribution in [2.75, 3.05) is 5.32 Å². The Morgan fingerprint density at radius 3 is 2.29 bits per heavy atom. The van der Waals surface area contributed by atoms with Crippen LogP contribution in [0, 0.1) is 10.4 Å². The molecule has 0 radical (unpaired) electrons. The van der Waals surface area contributed by atoms with Crippen molar-refractivity contribution in [2.45, 2.75) is 51.0 Å². The van der Waals surface area contributed by atoms with Crippen LogP contribution in [0.2, 0.25) is 0 Å². The molecule has 0 aliphatic heterocycles. The fraction of sp³-hybridized carbons (Fsp3) is 0.533. The molecule has 0 saturated heterocycles. The summed E-state index contributed by atoms with van der Waals surface area (Å²) in [5.41, 5.74) is 3.16. The quantitative estimate of drug-likeness (QED) is 0.667. The molecule has 6 nitrogen and oxygen atoms in total. The zero-order valence-corrected chi connectivity index (χ0v) is 11.8. The highest BCUT2D eigenvalue weighted by molar-refractivity contribution is 5.71. The molecule has 6 heteroatoms. The van der Waals surface area contributed by atoms with Gasteiger partial charge in [0.1, 0.15) is 0 Å². The summed E-state index contributed by atoms with van der Waals surface area (Å²) in [7, 11) is 0. The van der Waals surface area contributed by atoms with E-state index in [1.807, 2.05) is 12.1 Å². The van der Waals surface area contributed by atoms with Crippen LogP contribution in [0.25, 0.3) is 11.0 Å². The monoisotopic (exact) mass is 286 g/mol. The van der Waals surface area contributed by atoms with Gasteiger partial charge in [-0.1, -0.05) is 0 Å². The lowest BCUT2D eigenvalue weighted by Gasteiger charge is -2.23. The van der Waals surface area contributed by atoms with E-state index in [9.17, 15) is 10.4 Å². The SMILES string of the molecule is [O-][n+]1nc(NC2CCC2)[n+]([O-])c2cc3c(cc21)CCCC3. The van der Waals surface area contributed by atoms with E-state index in [1.165, 1.54) is 11.1 Å². The lowest BCUT2D eigenvalue weighted by Crippen LogP contribution is -2.46. The molecule has 0 bridgehead atoms. The topological polar surface area (TPSA) is 78.8 Å². The van der Waals surface area contributed by atoms with Crippen LogP contribution in [0.3, 0.4) is 0 Å². The first-order valence-electron chi connectivity index (χ1n) is 7.68. The van der Waals surface area contributed by atoms with E-state index < -0.39 is 0 Å². The summed E-state index contributed by atoms with van der Waals surface area (Å²) in [6.45, 7) is 0. The van der Waals surface area contributed by atoms with Crippen molar-refractivity contribution in [2.24, 2.45) is 0 Å². The summed E-state index contributed by atoms with van der Waals surface area (Å²) in [5, 5.41) is 31.6. The maximum absolute atomic E-state index is 12.5. The van der Waals surface area contributed by atoms with E-state index in [0.717, 1.165) is 49.7 Å². The van der Waals surface area contributed by atoms with Crippen molar-refractivity contribution in [3.05, 3.63) is 33.7 Å². The highest BCUT2D eigenvalue weighted by atomic mass is 16.5. The molecule has 0 spiro atoms. The van der Waals surface area contributed by atoms with E-state index in [0.29, 0.717) is 15.9 Å². The molecular weight excluding hydrogens is 268 g/mol. The summed E-state index contributed by atoms with van der Waals surface area (Å²) in [5.74, 6) is 0.123. The Bertz CT molecular complexity index is 713. The zero-order chi connectivity index (χ0) is 14.4. The van der Waals surface area contributed by atoms with E-state index in [4.69, 9.17) is 0 Å². The smallest absolute Gasteiger partial charge is 0.461 e. The van der Waals surface area contributed by atoms with Gasteiger partial charge in [0.15, 0.2) is 5.52 Å². The average molecular weight is 286 g/mol. The number of nitrogens with one attached hydrogen (secondary N) is 1. The van der Waals surface area contributed by atoms with Crippen LogP contribution < -0.4 is 14.9 Å². The third-order valence-electron chi connectivity index (χ3n) is 4.68. The molecule has 1 aromatic carbocycles. The molecule has 4 rings (SSSR count). The fourth-order valence-electron chi connectivity index (χ4n) is 3.19. The van der Waals surface area contributed by atoms with Crippen LogP contribution in [-0.2, 0) is 12.8 Å². The van der Waals surface area contributed by atoms with Gasteiger partial charge in [-0.25, -0.2) is 4.73 Å². The molecule has 0 amide bonds. The number of rotatable bonds is 2. The van der Waals surface area contributed by atoms with E-state index >= 15 is 0 Å². The molecule has 0 atom stereocenters. The zero-order valence-electron chi connectivity index (χ0n) is 11.8. The molecular formula is C15H18N4O2. The molecule has 1 N–H and O–H groups in total. The molecule has 2 aliphatic rings.